The molecular formula is C29H24F4N6O2S. The standard InChI is InChI=1S/C29H24F4N6O2S/c1-17-10-25-19(13-35-39(25)22-8-6-21(30)7-9-22)12-23(17)28-16-38(42(40,41)26-14-34-37(2)36-26)15-24(28)27(28)18-4-3-5-20(11-18)29(31,32)33/h3-14,24,27H,15-16H2,1-2H3/t24-,27-,28+/m1/s1. The lowest BCUT2D eigenvalue weighted by Crippen LogP contribution is -2.35. The maximum atomic E-state index is 13.6. The van der Waals surface area contributed by atoms with E-state index in [1.165, 1.54) is 46.6 Å². The van der Waals surface area contributed by atoms with Gasteiger partial charge in [0.25, 0.3) is 10.0 Å². The Balaban J connectivity index is 1.34. The number of rotatable bonds is 5. The molecule has 0 unspecified atom stereocenters. The fourth-order valence-corrected chi connectivity index (χ4v) is 8.10. The van der Waals surface area contributed by atoms with Gasteiger partial charge in [0.2, 0.25) is 5.03 Å². The summed E-state index contributed by atoms with van der Waals surface area (Å²) in [5.74, 6) is -0.942. The van der Waals surface area contributed by atoms with Crippen LogP contribution in [0.4, 0.5) is 17.6 Å². The van der Waals surface area contributed by atoms with Crippen LogP contribution in [-0.4, -0.2) is 50.6 Å². The van der Waals surface area contributed by atoms with E-state index in [4.69, 9.17) is 0 Å². The Hall–Kier alpha value is -4.10. The van der Waals surface area contributed by atoms with Crippen LogP contribution < -0.4 is 0 Å². The Morgan fingerprint density at radius 2 is 1.76 bits per heavy atom. The summed E-state index contributed by atoms with van der Waals surface area (Å²) in [6, 6.07) is 15.1. The largest absolute Gasteiger partial charge is 0.416 e. The van der Waals surface area contributed by atoms with Crippen molar-refractivity contribution in [2.45, 2.75) is 29.5 Å². The first kappa shape index (κ1) is 26.8. The third-order valence-corrected chi connectivity index (χ3v) is 10.3. The van der Waals surface area contributed by atoms with Crippen molar-refractivity contribution >= 4 is 20.9 Å². The Bertz CT molecular complexity index is 1970. The van der Waals surface area contributed by atoms with Crippen LogP contribution in [0.1, 0.15) is 28.2 Å². The normalized spacial score (nSPS) is 22.5. The lowest BCUT2D eigenvalue weighted by Gasteiger charge is -2.25. The van der Waals surface area contributed by atoms with Gasteiger partial charge >= 0.3 is 6.18 Å². The lowest BCUT2D eigenvalue weighted by molar-refractivity contribution is -0.137. The van der Waals surface area contributed by atoms with Crippen LogP contribution in [0, 0.1) is 18.7 Å². The van der Waals surface area contributed by atoms with Crippen molar-refractivity contribution in [1.82, 2.24) is 29.1 Å². The molecule has 0 spiro atoms. The summed E-state index contributed by atoms with van der Waals surface area (Å²) in [6.45, 7) is 2.12. The highest BCUT2D eigenvalue weighted by atomic mass is 32.2. The minimum atomic E-state index is -4.50. The molecule has 1 aliphatic heterocycles. The van der Waals surface area contributed by atoms with Crippen molar-refractivity contribution in [3.8, 4) is 5.69 Å². The van der Waals surface area contributed by atoms with Crippen LogP contribution in [0.25, 0.3) is 16.6 Å². The van der Waals surface area contributed by atoms with E-state index in [-0.39, 0.29) is 35.8 Å². The molecule has 3 aromatic carbocycles. The van der Waals surface area contributed by atoms with Gasteiger partial charge in [-0.25, -0.2) is 17.5 Å². The van der Waals surface area contributed by atoms with Crippen molar-refractivity contribution in [3.63, 3.8) is 0 Å². The molecule has 1 saturated carbocycles. The molecule has 0 radical (unpaired) electrons. The Morgan fingerprint density at radius 3 is 2.45 bits per heavy atom. The van der Waals surface area contributed by atoms with Crippen LogP contribution in [0.2, 0.25) is 0 Å². The third-order valence-electron chi connectivity index (χ3n) is 8.59. The highest BCUT2D eigenvalue weighted by Gasteiger charge is 2.71. The Labute approximate surface area is 238 Å². The quantitative estimate of drug-likeness (QED) is 0.268. The molecule has 1 saturated heterocycles. The predicted molar refractivity (Wildman–Crippen MR) is 145 cm³/mol. The number of benzene rings is 3. The molecule has 5 aromatic rings. The van der Waals surface area contributed by atoms with Gasteiger partial charge in [0.1, 0.15) is 5.82 Å². The van der Waals surface area contributed by atoms with Crippen molar-refractivity contribution < 1.29 is 26.0 Å². The van der Waals surface area contributed by atoms with Crippen LogP contribution in [-0.2, 0) is 28.7 Å². The highest BCUT2D eigenvalue weighted by molar-refractivity contribution is 7.89. The topological polar surface area (TPSA) is 85.9 Å². The van der Waals surface area contributed by atoms with Crippen molar-refractivity contribution in [2.24, 2.45) is 13.0 Å². The summed E-state index contributed by atoms with van der Waals surface area (Å²) in [4.78, 5) is 1.17. The van der Waals surface area contributed by atoms with Crippen LogP contribution in [0.15, 0.2) is 78.1 Å². The average Bonchev–Trinajstić information content (AvgIpc) is 3.36. The first-order chi connectivity index (χ1) is 19.9. The first-order valence-electron chi connectivity index (χ1n) is 13.2. The predicted octanol–water partition coefficient (Wildman–Crippen LogP) is 4.98. The maximum absolute atomic E-state index is 13.6. The van der Waals surface area contributed by atoms with Crippen LogP contribution in [0.5, 0.6) is 0 Å². The Morgan fingerprint density at radius 1 is 1.00 bits per heavy atom. The summed E-state index contributed by atoms with van der Waals surface area (Å²) >= 11 is 0. The molecule has 2 fully saturated rings. The molecule has 216 valence electrons. The number of alkyl halides is 3. The molecule has 3 heterocycles. The molecule has 3 atom stereocenters. The number of nitrogens with zero attached hydrogens (tertiary/aromatic N) is 6. The lowest BCUT2D eigenvalue weighted by atomic mass is 9.86. The van der Waals surface area contributed by atoms with Crippen LogP contribution >= 0.6 is 0 Å². The molecule has 2 aromatic heterocycles. The van der Waals surface area contributed by atoms with E-state index >= 15 is 0 Å². The molecule has 7 rings (SSSR count). The van der Waals surface area contributed by atoms with Crippen molar-refractivity contribution in [3.05, 3.63) is 101 Å². The second kappa shape index (κ2) is 8.95. The van der Waals surface area contributed by atoms with Gasteiger partial charge in [-0.15, -0.1) is 5.10 Å². The van der Waals surface area contributed by atoms with Gasteiger partial charge < -0.3 is 0 Å². The van der Waals surface area contributed by atoms with E-state index in [0.717, 1.165) is 28.1 Å². The summed E-state index contributed by atoms with van der Waals surface area (Å²) in [7, 11) is -2.46. The number of aryl methyl sites for hydroxylation is 2. The highest BCUT2D eigenvalue weighted by Crippen LogP contribution is 2.70. The van der Waals surface area contributed by atoms with Crippen molar-refractivity contribution in [1.29, 1.82) is 0 Å². The zero-order chi connectivity index (χ0) is 29.6. The fraction of sp³-hybridized carbons (Fsp3) is 0.276. The summed E-state index contributed by atoms with van der Waals surface area (Å²) in [5.41, 5.74) is 2.18. The first-order valence-corrected chi connectivity index (χ1v) is 14.6. The van der Waals surface area contributed by atoms with Gasteiger partial charge in [-0.1, -0.05) is 18.2 Å². The molecule has 1 aliphatic carbocycles. The zero-order valence-electron chi connectivity index (χ0n) is 22.4. The summed E-state index contributed by atoms with van der Waals surface area (Å²) < 4.78 is 84.5. The summed E-state index contributed by atoms with van der Waals surface area (Å²) in [6.07, 6.45) is -1.63. The zero-order valence-corrected chi connectivity index (χ0v) is 23.2. The number of aromatic nitrogens is 5. The number of halogens is 4. The van der Waals surface area contributed by atoms with Gasteiger partial charge in [0, 0.05) is 36.9 Å². The Kier molecular flexibility index (Phi) is 5.71. The van der Waals surface area contributed by atoms with Gasteiger partial charge in [0.15, 0.2) is 0 Å². The van der Waals surface area contributed by atoms with E-state index < -0.39 is 27.2 Å². The van der Waals surface area contributed by atoms with Gasteiger partial charge in [0.05, 0.1) is 29.2 Å². The minimum Gasteiger partial charge on any atom is -0.233 e. The van der Waals surface area contributed by atoms with E-state index in [1.807, 2.05) is 19.1 Å². The van der Waals surface area contributed by atoms with Crippen LogP contribution in [0.3, 0.4) is 0 Å². The number of hydrogen-bond donors (Lipinski definition) is 0. The molecule has 13 heteroatoms. The van der Waals surface area contributed by atoms with Gasteiger partial charge in [-0.05, 0) is 72.0 Å². The van der Waals surface area contributed by atoms with E-state index in [2.05, 4.69) is 15.3 Å². The number of fused-ring (bicyclic) bond motifs is 2. The van der Waals surface area contributed by atoms with E-state index in [0.29, 0.717) is 11.3 Å². The average molecular weight is 597 g/mol. The monoisotopic (exact) mass is 596 g/mol. The van der Waals surface area contributed by atoms with Gasteiger partial charge in [-0.3, -0.25) is 0 Å². The smallest absolute Gasteiger partial charge is 0.233 e. The number of piperidine rings is 1. The maximum Gasteiger partial charge on any atom is 0.416 e. The molecule has 0 N–H and O–H groups in total. The molecule has 0 amide bonds. The van der Waals surface area contributed by atoms with Crippen molar-refractivity contribution in [2.75, 3.05) is 13.1 Å². The van der Waals surface area contributed by atoms with E-state index in [9.17, 15) is 26.0 Å². The number of hydrogen-bond acceptors (Lipinski definition) is 5. The molecule has 8 nitrogen and oxygen atoms in total. The SMILES string of the molecule is Cc1cc2c(cnn2-c2ccc(F)cc2)cc1[C@@]12CN(S(=O)(=O)c3cnn(C)n3)C[C@@H]1[C@H]2c1cccc(C(F)(F)F)c1. The van der Waals surface area contributed by atoms with Gasteiger partial charge in [-0.2, -0.15) is 32.5 Å². The molecule has 2 aliphatic rings. The fourth-order valence-electron chi connectivity index (χ4n) is 6.70. The molecular weight excluding hydrogens is 572 g/mol. The number of sulfonamides is 1. The minimum absolute atomic E-state index is 0.0793. The third kappa shape index (κ3) is 3.97. The summed E-state index contributed by atoms with van der Waals surface area (Å²) in [5, 5.41) is 13.0. The molecule has 42 heavy (non-hydrogen) atoms. The molecule has 0 bridgehead atoms. The van der Waals surface area contributed by atoms with E-state index in [1.54, 1.807) is 29.1 Å². The second-order valence-electron chi connectivity index (χ2n) is 11.0. The second-order valence-corrected chi connectivity index (χ2v) is 12.9.